The van der Waals surface area contributed by atoms with E-state index in [-0.39, 0.29) is 42.7 Å². The van der Waals surface area contributed by atoms with Gasteiger partial charge in [-0.1, -0.05) is 23.9 Å². The van der Waals surface area contributed by atoms with E-state index in [1.54, 1.807) is 73.9 Å². The molecule has 0 aliphatic rings. The number of furan rings is 1. The molecule has 2 heterocycles. The Kier molecular flexibility index (Phi) is 9.52. The zero-order valence-corrected chi connectivity index (χ0v) is 22.2. The van der Waals surface area contributed by atoms with E-state index in [0.717, 1.165) is 11.8 Å². The van der Waals surface area contributed by atoms with Crippen molar-refractivity contribution in [3.05, 3.63) is 88.6 Å². The molecule has 2 aromatic carbocycles. The zero-order valence-electron chi connectivity index (χ0n) is 21.3. The molecule has 4 aromatic rings. The molecule has 0 radical (unpaired) electrons. The number of ether oxygens (including phenoxy) is 1. The van der Waals surface area contributed by atoms with Crippen molar-refractivity contribution < 1.29 is 23.5 Å². The van der Waals surface area contributed by atoms with Crippen LogP contribution in [0.15, 0.2) is 81.3 Å². The molecule has 0 fully saturated rings. The van der Waals surface area contributed by atoms with Crippen LogP contribution in [0.1, 0.15) is 35.9 Å². The van der Waals surface area contributed by atoms with E-state index in [2.05, 4.69) is 15.6 Å². The summed E-state index contributed by atoms with van der Waals surface area (Å²) < 4.78 is 11.7. The van der Waals surface area contributed by atoms with Crippen molar-refractivity contribution in [2.45, 2.75) is 38.0 Å². The highest BCUT2D eigenvalue weighted by Crippen LogP contribution is 2.19. The Labute approximate surface area is 228 Å². The Morgan fingerprint density at radius 2 is 1.82 bits per heavy atom. The van der Waals surface area contributed by atoms with Crippen LogP contribution < -0.4 is 16.2 Å². The van der Waals surface area contributed by atoms with Gasteiger partial charge in [0.15, 0.2) is 5.16 Å². The Hall–Kier alpha value is -4.38. The average Bonchev–Trinajstić information content (AvgIpc) is 3.46. The summed E-state index contributed by atoms with van der Waals surface area (Å²) >= 11 is 1.14. The van der Waals surface area contributed by atoms with Gasteiger partial charge in [-0.05, 0) is 61.9 Å². The average molecular weight is 549 g/mol. The number of nitrogens with one attached hydrogen (secondary N) is 2. The molecule has 4 rings (SSSR count). The SMILES string of the molecule is CCOC(=O)c1ccc(NC(=O)CSc2nc3ccccc3c(=O)n2CCCC(=O)NCc2ccco2)cc1. The molecular formula is C28H28N4O6S. The zero-order chi connectivity index (χ0) is 27.6. The van der Waals surface area contributed by atoms with E-state index < -0.39 is 5.97 Å². The summed E-state index contributed by atoms with van der Waals surface area (Å²) in [6.07, 6.45) is 2.17. The van der Waals surface area contributed by atoms with Crippen molar-refractivity contribution in [1.29, 1.82) is 0 Å². The van der Waals surface area contributed by atoms with E-state index in [1.807, 2.05) is 0 Å². The number of para-hydroxylation sites is 1. The lowest BCUT2D eigenvalue weighted by molar-refractivity contribution is -0.121. The third-order valence-electron chi connectivity index (χ3n) is 5.66. The monoisotopic (exact) mass is 548 g/mol. The van der Waals surface area contributed by atoms with Crippen molar-refractivity contribution >= 4 is 46.1 Å². The van der Waals surface area contributed by atoms with Crippen molar-refractivity contribution in [1.82, 2.24) is 14.9 Å². The van der Waals surface area contributed by atoms with E-state index in [9.17, 15) is 19.2 Å². The first kappa shape index (κ1) is 27.6. The largest absolute Gasteiger partial charge is 0.467 e. The van der Waals surface area contributed by atoms with Gasteiger partial charge in [-0.25, -0.2) is 9.78 Å². The van der Waals surface area contributed by atoms with Crippen LogP contribution in [-0.4, -0.2) is 39.7 Å². The number of fused-ring (bicyclic) bond motifs is 1. The summed E-state index contributed by atoms with van der Waals surface area (Å²) in [5.41, 5.74) is 1.22. The lowest BCUT2D eigenvalue weighted by Crippen LogP contribution is -2.26. The number of esters is 1. The first-order chi connectivity index (χ1) is 18.9. The van der Waals surface area contributed by atoms with Crippen LogP contribution in [-0.2, 0) is 27.4 Å². The molecule has 2 aromatic heterocycles. The van der Waals surface area contributed by atoms with Gasteiger partial charge < -0.3 is 19.8 Å². The Bertz CT molecular complexity index is 1500. The van der Waals surface area contributed by atoms with Crippen molar-refractivity contribution in [3.8, 4) is 0 Å². The van der Waals surface area contributed by atoms with Gasteiger partial charge in [0, 0.05) is 18.7 Å². The molecule has 0 spiro atoms. The number of benzene rings is 2. The third-order valence-corrected chi connectivity index (χ3v) is 6.64. The molecule has 202 valence electrons. The predicted octanol–water partition coefficient (Wildman–Crippen LogP) is 3.99. The summed E-state index contributed by atoms with van der Waals surface area (Å²) in [4.78, 5) is 54.5. The van der Waals surface area contributed by atoms with Crippen LogP contribution in [0.5, 0.6) is 0 Å². The standard InChI is InChI=1S/C28H28N4O6S/c1-2-37-27(36)19-11-13-20(14-12-19)30-25(34)18-39-28-31-23-9-4-3-8-22(23)26(35)32(28)15-5-10-24(33)29-17-21-7-6-16-38-21/h3-4,6-9,11-14,16H,2,5,10,15,17-18H2,1H3,(H,29,33)(H,30,34). The smallest absolute Gasteiger partial charge is 0.338 e. The first-order valence-electron chi connectivity index (χ1n) is 12.4. The highest BCUT2D eigenvalue weighted by molar-refractivity contribution is 7.99. The van der Waals surface area contributed by atoms with Crippen molar-refractivity contribution in [2.75, 3.05) is 17.7 Å². The van der Waals surface area contributed by atoms with Gasteiger partial charge in [0.1, 0.15) is 5.76 Å². The van der Waals surface area contributed by atoms with Gasteiger partial charge >= 0.3 is 5.97 Å². The number of anilines is 1. The molecule has 2 N–H and O–H groups in total. The summed E-state index contributed by atoms with van der Waals surface area (Å²) in [6, 6.07) is 16.9. The summed E-state index contributed by atoms with van der Waals surface area (Å²) in [6.45, 7) is 2.57. The number of thioether (sulfide) groups is 1. The number of amides is 2. The van der Waals surface area contributed by atoms with Crippen LogP contribution in [0, 0.1) is 0 Å². The predicted molar refractivity (Wildman–Crippen MR) is 148 cm³/mol. The Balaban J connectivity index is 1.39. The lowest BCUT2D eigenvalue weighted by atomic mass is 10.2. The van der Waals surface area contributed by atoms with Crippen molar-refractivity contribution in [2.24, 2.45) is 0 Å². The maximum Gasteiger partial charge on any atom is 0.338 e. The van der Waals surface area contributed by atoms with Gasteiger partial charge in [0.25, 0.3) is 5.56 Å². The number of nitrogens with zero attached hydrogens (tertiary/aromatic N) is 2. The summed E-state index contributed by atoms with van der Waals surface area (Å²) in [5.74, 6) is -0.217. The number of carbonyl (C=O) groups is 3. The molecule has 0 bridgehead atoms. The molecule has 0 aliphatic heterocycles. The van der Waals surface area contributed by atoms with Crippen LogP contribution in [0.3, 0.4) is 0 Å². The minimum Gasteiger partial charge on any atom is -0.467 e. The molecule has 2 amide bonds. The molecule has 0 unspecified atom stereocenters. The second kappa shape index (κ2) is 13.4. The summed E-state index contributed by atoms with van der Waals surface area (Å²) in [7, 11) is 0. The van der Waals surface area contributed by atoms with Crippen LogP contribution in [0.25, 0.3) is 10.9 Å². The normalized spacial score (nSPS) is 10.8. The molecule has 0 aliphatic carbocycles. The fourth-order valence-electron chi connectivity index (χ4n) is 3.77. The second-order valence-corrected chi connectivity index (χ2v) is 9.41. The highest BCUT2D eigenvalue weighted by Gasteiger charge is 2.14. The molecule has 11 heteroatoms. The summed E-state index contributed by atoms with van der Waals surface area (Å²) in [5, 5.41) is 6.43. The number of hydrogen-bond acceptors (Lipinski definition) is 8. The van der Waals surface area contributed by atoms with Crippen LogP contribution >= 0.6 is 11.8 Å². The van der Waals surface area contributed by atoms with Crippen LogP contribution in [0.4, 0.5) is 5.69 Å². The first-order valence-corrected chi connectivity index (χ1v) is 13.4. The van der Waals surface area contributed by atoms with Crippen molar-refractivity contribution in [3.63, 3.8) is 0 Å². The van der Waals surface area contributed by atoms with E-state index >= 15 is 0 Å². The minimum absolute atomic E-state index is 0.00798. The quantitative estimate of drug-likeness (QED) is 0.154. The van der Waals surface area contributed by atoms with E-state index in [1.165, 1.54) is 4.57 Å². The topological polar surface area (TPSA) is 133 Å². The lowest BCUT2D eigenvalue weighted by Gasteiger charge is -2.13. The van der Waals surface area contributed by atoms with Gasteiger partial charge in [-0.3, -0.25) is 19.0 Å². The molecule has 0 saturated heterocycles. The molecule has 39 heavy (non-hydrogen) atoms. The van der Waals surface area contributed by atoms with E-state index in [0.29, 0.717) is 46.0 Å². The maximum atomic E-state index is 13.2. The van der Waals surface area contributed by atoms with Gasteiger partial charge in [0.2, 0.25) is 11.8 Å². The number of rotatable bonds is 12. The van der Waals surface area contributed by atoms with E-state index in [4.69, 9.17) is 9.15 Å². The Morgan fingerprint density at radius 1 is 1.03 bits per heavy atom. The van der Waals surface area contributed by atoms with Gasteiger partial charge in [0.05, 0.1) is 41.6 Å². The minimum atomic E-state index is -0.429. The fourth-order valence-corrected chi connectivity index (χ4v) is 4.60. The number of carbonyl (C=O) groups excluding carboxylic acids is 3. The highest BCUT2D eigenvalue weighted by atomic mass is 32.2. The maximum absolute atomic E-state index is 13.2. The van der Waals surface area contributed by atoms with Gasteiger partial charge in [-0.2, -0.15) is 0 Å². The van der Waals surface area contributed by atoms with Crippen LogP contribution in [0.2, 0.25) is 0 Å². The Morgan fingerprint density at radius 3 is 2.56 bits per heavy atom. The number of aromatic nitrogens is 2. The molecule has 0 atom stereocenters. The van der Waals surface area contributed by atoms with Gasteiger partial charge in [-0.15, -0.1) is 0 Å². The second-order valence-electron chi connectivity index (χ2n) is 8.46. The molecular weight excluding hydrogens is 520 g/mol. The molecule has 0 saturated carbocycles. The molecule has 10 nitrogen and oxygen atoms in total. The number of hydrogen-bond donors (Lipinski definition) is 2. The fraction of sp³-hybridized carbons (Fsp3) is 0.250. The third kappa shape index (κ3) is 7.57.